The Labute approximate surface area is 141 Å². The van der Waals surface area contributed by atoms with E-state index in [2.05, 4.69) is 15.5 Å². The highest BCUT2D eigenvalue weighted by atomic mass is 32.2. The van der Waals surface area contributed by atoms with Gasteiger partial charge in [-0.15, -0.1) is 5.10 Å². The zero-order chi connectivity index (χ0) is 16.8. The summed E-state index contributed by atoms with van der Waals surface area (Å²) in [5.41, 5.74) is 1.13. The van der Waals surface area contributed by atoms with Crippen LogP contribution in [0.25, 0.3) is 0 Å². The Kier molecular flexibility index (Phi) is 6.15. The van der Waals surface area contributed by atoms with Crippen LogP contribution in [0.3, 0.4) is 0 Å². The fourth-order valence-electron chi connectivity index (χ4n) is 2.20. The SMILES string of the molecule is CCN(Cc1ccccc1)C(=O)C(C)Sc1nnnn1C(C)C. The van der Waals surface area contributed by atoms with Crippen molar-refractivity contribution in [3.63, 3.8) is 0 Å². The second kappa shape index (κ2) is 8.10. The molecule has 0 spiro atoms. The minimum Gasteiger partial charge on any atom is -0.338 e. The normalized spacial score (nSPS) is 12.4. The largest absolute Gasteiger partial charge is 0.338 e. The van der Waals surface area contributed by atoms with E-state index in [-0.39, 0.29) is 17.2 Å². The van der Waals surface area contributed by atoms with Crippen LogP contribution in [0.1, 0.15) is 39.3 Å². The predicted molar refractivity (Wildman–Crippen MR) is 91.1 cm³/mol. The number of hydrogen-bond donors (Lipinski definition) is 0. The standard InChI is InChI=1S/C16H23N5OS/c1-5-20(11-14-9-7-6-8-10-14)15(22)13(4)23-16-17-18-19-21(16)12(2)3/h6-10,12-13H,5,11H2,1-4H3. The molecule has 0 N–H and O–H groups in total. The van der Waals surface area contributed by atoms with Crippen molar-refractivity contribution in [2.45, 2.75) is 50.7 Å². The van der Waals surface area contributed by atoms with Gasteiger partial charge in [0.05, 0.1) is 11.3 Å². The zero-order valence-electron chi connectivity index (χ0n) is 14.0. The first-order chi connectivity index (χ1) is 11.0. The van der Waals surface area contributed by atoms with Crippen LogP contribution in [0.5, 0.6) is 0 Å². The second-order valence-corrected chi connectivity index (χ2v) is 6.91. The van der Waals surface area contributed by atoms with E-state index in [1.165, 1.54) is 11.8 Å². The number of nitrogens with zero attached hydrogens (tertiary/aromatic N) is 5. The number of carbonyl (C=O) groups excluding carboxylic acids is 1. The van der Waals surface area contributed by atoms with Crippen molar-refractivity contribution in [1.29, 1.82) is 0 Å². The average molecular weight is 333 g/mol. The van der Waals surface area contributed by atoms with E-state index < -0.39 is 0 Å². The monoisotopic (exact) mass is 333 g/mol. The zero-order valence-corrected chi connectivity index (χ0v) is 14.8. The predicted octanol–water partition coefficient (Wildman–Crippen LogP) is 2.78. The summed E-state index contributed by atoms with van der Waals surface area (Å²) in [4.78, 5) is 14.6. The van der Waals surface area contributed by atoms with Crippen LogP contribution < -0.4 is 0 Å². The molecule has 7 heteroatoms. The van der Waals surface area contributed by atoms with Gasteiger partial charge < -0.3 is 4.90 Å². The van der Waals surface area contributed by atoms with Gasteiger partial charge >= 0.3 is 0 Å². The van der Waals surface area contributed by atoms with Crippen molar-refractivity contribution >= 4 is 17.7 Å². The Balaban J connectivity index is 2.03. The van der Waals surface area contributed by atoms with Crippen LogP contribution in [0, 0.1) is 0 Å². The van der Waals surface area contributed by atoms with Gasteiger partial charge in [-0.2, -0.15) is 0 Å². The fraction of sp³-hybridized carbons (Fsp3) is 0.500. The van der Waals surface area contributed by atoms with Crippen LogP contribution in [-0.4, -0.2) is 42.8 Å². The van der Waals surface area contributed by atoms with Gasteiger partial charge in [0, 0.05) is 13.1 Å². The highest BCUT2D eigenvalue weighted by Gasteiger charge is 2.23. The van der Waals surface area contributed by atoms with E-state index in [1.807, 2.05) is 62.9 Å². The summed E-state index contributed by atoms with van der Waals surface area (Å²) in [5.74, 6) is 0.0969. The smallest absolute Gasteiger partial charge is 0.236 e. The highest BCUT2D eigenvalue weighted by Crippen LogP contribution is 2.24. The van der Waals surface area contributed by atoms with Gasteiger partial charge in [0.1, 0.15) is 0 Å². The molecule has 1 aromatic heterocycles. The summed E-state index contributed by atoms with van der Waals surface area (Å²) in [6, 6.07) is 10.2. The number of carbonyl (C=O) groups is 1. The van der Waals surface area contributed by atoms with Crippen molar-refractivity contribution in [2.75, 3.05) is 6.54 Å². The molecule has 0 aliphatic rings. The van der Waals surface area contributed by atoms with Gasteiger partial charge in [-0.05, 0) is 43.7 Å². The molecule has 2 aromatic rings. The third-order valence-corrected chi connectivity index (χ3v) is 4.53. The quantitative estimate of drug-likeness (QED) is 0.729. The number of tetrazole rings is 1. The second-order valence-electron chi connectivity index (χ2n) is 5.60. The van der Waals surface area contributed by atoms with Gasteiger partial charge in [0.25, 0.3) is 0 Å². The maximum atomic E-state index is 12.7. The van der Waals surface area contributed by atoms with Crippen molar-refractivity contribution in [3.8, 4) is 0 Å². The van der Waals surface area contributed by atoms with Crippen LogP contribution in [0.4, 0.5) is 0 Å². The van der Waals surface area contributed by atoms with Gasteiger partial charge in [0.15, 0.2) is 0 Å². The molecule has 1 unspecified atom stereocenters. The lowest BCUT2D eigenvalue weighted by atomic mass is 10.2. The molecule has 1 heterocycles. The molecule has 0 saturated carbocycles. The molecule has 0 aliphatic carbocycles. The first kappa shape index (κ1) is 17.5. The van der Waals surface area contributed by atoms with Crippen molar-refractivity contribution in [2.24, 2.45) is 0 Å². The van der Waals surface area contributed by atoms with Crippen LogP contribution >= 0.6 is 11.8 Å². The van der Waals surface area contributed by atoms with Gasteiger partial charge in [0.2, 0.25) is 11.1 Å². The fourth-order valence-corrected chi connectivity index (χ4v) is 3.21. The molecule has 23 heavy (non-hydrogen) atoms. The summed E-state index contributed by atoms with van der Waals surface area (Å²) >= 11 is 1.40. The summed E-state index contributed by atoms with van der Waals surface area (Å²) in [6.07, 6.45) is 0. The lowest BCUT2D eigenvalue weighted by Gasteiger charge is -2.24. The molecular formula is C16H23N5OS. The van der Waals surface area contributed by atoms with E-state index >= 15 is 0 Å². The van der Waals surface area contributed by atoms with Crippen LogP contribution in [-0.2, 0) is 11.3 Å². The number of benzene rings is 1. The number of thioether (sulfide) groups is 1. The summed E-state index contributed by atoms with van der Waals surface area (Å²) in [6.45, 7) is 9.22. The first-order valence-corrected chi connectivity index (χ1v) is 8.68. The molecule has 1 amide bonds. The van der Waals surface area contributed by atoms with Crippen LogP contribution in [0.2, 0.25) is 0 Å². The van der Waals surface area contributed by atoms with E-state index in [0.717, 1.165) is 5.56 Å². The van der Waals surface area contributed by atoms with E-state index in [1.54, 1.807) is 4.68 Å². The molecule has 0 bridgehead atoms. The molecule has 0 saturated heterocycles. The van der Waals surface area contributed by atoms with Gasteiger partial charge in [-0.25, -0.2) is 4.68 Å². The summed E-state index contributed by atoms with van der Waals surface area (Å²) < 4.78 is 1.74. The van der Waals surface area contributed by atoms with E-state index in [9.17, 15) is 4.79 Å². The van der Waals surface area contributed by atoms with Gasteiger partial charge in [-0.3, -0.25) is 4.79 Å². The molecule has 6 nitrogen and oxygen atoms in total. The Hall–Kier alpha value is -1.89. The molecule has 0 fully saturated rings. The third kappa shape index (κ3) is 4.54. The molecule has 1 atom stereocenters. The van der Waals surface area contributed by atoms with Crippen molar-refractivity contribution in [3.05, 3.63) is 35.9 Å². The lowest BCUT2D eigenvalue weighted by Crippen LogP contribution is -2.36. The topological polar surface area (TPSA) is 63.9 Å². The first-order valence-electron chi connectivity index (χ1n) is 7.80. The number of rotatable bonds is 7. The van der Waals surface area contributed by atoms with E-state index in [4.69, 9.17) is 0 Å². The van der Waals surface area contributed by atoms with E-state index in [0.29, 0.717) is 18.2 Å². The minimum atomic E-state index is -0.234. The summed E-state index contributed by atoms with van der Waals surface area (Å²) in [5, 5.41) is 12.1. The Bertz CT molecular complexity index is 628. The number of aromatic nitrogens is 4. The Morgan fingerprint density at radius 2 is 1.96 bits per heavy atom. The molecule has 2 rings (SSSR count). The van der Waals surface area contributed by atoms with Gasteiger partial charge in [-0.1, -0.05) is 42.1 Å². The molecule has 1 aromatic carbocycles. The molecular weight excluding hydrogens is 310 g/mol. The maximum Gasteiger partial charge on any atom is 0.236 e. The number of hydrogen-bond acceptors (Lipinski definition) is 5. The maximum absolute atomic E-state index is 12.7. The summed E-state index contributed by atoms with van der Waals surface area (Å²) in [7, 11) is 0. The molecule has 124 valence electrons. The van der Waals surface area contributed by atoms with Crippen LogP contribution in [0.15, 0.2) is 35.5 Å². The average Bonchev–Trinajstić information content (AvgIpc) is 3.01. The van der Waals surface area contributed by atoms with Crippen molar-refractivity contribution < 1.29 is 4.79 Å². The Morgan fingerprint density at radius 3 is 2.57 bits per heavy atom. The lowest BCUT2D eigenvalue weighted by molar-refractivity contribution is -0.130. The van der Waals surface area contributed by atoms with Crippen molar-refractivity contribution in [1.82, 2.24) is 25.1 Å². The minimum absolute atomic E-state index is 0.0969. The third-order valence-electron chi connectivity index (χ3n) is 3.49. The highest BCUT2D eigenvalue weighted by molar-refractivity contribution is 8.00. The number of amides is 1. The Morgan fingerprint density at radius 1 is 1.26 bits per heavy atom. The molecule has 0 aliphatic heterocycles. The molecule has 0 radical (unpaired) electrons.